The van der Waals surface area contributed by atoms with Crippen molar-refractivity contribution >= 4 is 41.5 Å². The molecule has 5 heteroatoms. The first kappa shape index (κ1) is 16.5. The van der Waals surface area contributed by atoms with E-state index in [0.717, 1.165) is 0 Å². The molecule has 96 valence electrons. The molecule has 0 N–H and O–H groups in total. The van der Waals surface area contributed by atoms with Gasteiger partial charge < -0.3 is 9.47 Å². The average molecular weight is 371 g/mol. The number of rotatable bonds is 4. The molecule has 17 heavy (non-hydrogen) atoms. The van der Waals surface area contributed by atoms with Crippen LogP contribution in [0.15, 0.2) is 24.3 Å². The van der Waals surface area contributed by atoms with E-state index < -0.39 is 5.60 Å². The fraction of sp³-hybridized carbons (Fsp3) is 0.417. The molecule has 0 atom stereocenters. The van der Waals surface area contributed by atoms with Gasteiger partial charge in [0, 0.05) is 5.02 Å². The predicted octanol–water partition coefficient (Wildman–Crippen LogP) is 3.68. The maximum absolute atomic E-state index is 11.6. The third-order valence-electron chi connectivity index (χ3n) is 1.95. The first-order valence-electron chi connectivity index (χ1n) is 5.07. The summed E-state index contributed by atoms with van der Waals surface area (Å²) in [5.74, 6) is 0.201. The number of benzene rings is 1. The standard InChI is InChI=1S/C12H15ClO3.HI/c1-4-15-11(14)12(2,3)16-10-7-5-9(13)6-8-10;/h5-8H,4H2,1-3H3;1H. The Hall–Kier alpha value is -0.490. The van der Waals surface area contributed by atoms with Crippen molar-refractivity contribution in [2.45, 2.75) is 26.4 Å². The van der Waals surface area contributed by atoms with Crippen LogP contribution in [0.2, 0.25) is 5.02 Å². The van der Waals surface area contributed by atoms with Crippen LogP contribution in [0, 0.1) is 0 Å². The molecule has 0 saturated heterocycles. The van der Waals surface area contributed by atoms with Gasteiger partial charge in [-0.25, -0.2) is 4.79 Å². The first-order chi connectivity index (χ1) is 7.45. The van der Waals surface area contributed by atoms with Gasteiger partial charge in [-0.15, -0.1) is 24.0 Å². The minimum Gasteiger partial charge on any atom is -0.476 e. The molecule has 0 aliphatic heterocycles. The van der Waals surface area contributed by atoms with Crippen molar-refractivity contribution in [2.24, 2.45) is 0 Å². The van der Waals surface area contributed by atoms with Crippen molar-refractivity contribution in [3.63, 3.8) is 0 Å². The molecule has 1 aromatic carbocycles. The molecule has 0 saturated carbocycles. The normalized spacial score (nSPS) is 10.4. The number of hydrogen-bond acceptors (Lipinski definition) is 3. The highest BCUT2D eigenvalue weighted by molar-refractivity contribution is 14.0. The molecule has 0 bridgehead atoms. The smallest absolute Gasteiger partial charge is 0.349 e. The Balaban J connectivity index is 0.00000256. The molecular formula is C12H16ClIO3. The minimum atomic E-state index is -0.996. The Morgan fingerprint density at radius 1 is 1.29 bits per heavy atom. The molecule has 0 amide bonds. The van der Waals surface area contributed by atoms with Crippen molar-refractivity contribution < 1.29 is 14.3 Å². The van der Waals surface area contributed by atoms with Gasteiger partial charge in [-0.05, 0) is 45.0 Å². The first-order valence-corrected chi connectivity index (χ1v) is 5.45. The Morgan fingerprint density at radius 3 is 2.29 bits per heavy atom. The molecule has 0 aliphatic rings. The number of esters is 1. The van der Waals surface area contributed by atoms with Gasteiger partial charge in [0.05, 0.1) is 6.61 Å². The lowest BCUT2D eigenvalue weighted by Gasteiger charge is -2.23. The Morgan fingerprint density at radius 2 is 1.82 bits per heavy atom. The summed E-state index contributed by atoms with van der Waals surface area (Å²) in [5, 5.41) is 0.626. The fourth-order valence-electron chi connectivity index (χ4n) is 1.14. The van der Waals surface area contributed by atoms with Crippen molar-refractivity contribution in [3.05, 3.63) is 29.3 Å². The van der Waals surface area contributed by atoms with Crippen LogP contribution < -0.4 is 4.74 Å². The van der Waals surface area contributed by atoms with E-state index in [9.17, 15) is 4.79 Å². The zero-order valence-corrected chi connectivity index (χ0v) is 13.1. The maximum Gasteiger partial charge on any atom is 0.349 e. The molecule has 3 nitrogen and oxygen atoms in total. The predicted molar refractivity (Wildman–Crippen MR) is 78.2 cm³/mol. The van der Waals surface area contributed by atoms with Crippen molar-refractivity contribution in [3.8, 4) is 5.75 Å². The zero-order chi connectivity index (χ0) is 12.2. The lowest BCUT2D eigenvalue weighted by atomic mass is 10.1. The number of ether oxygens (including phenoxy) is 2. The van der Waals surface area contributed by atoms with E-state index in [0.29, 0.717) is 17.4 Å². The highest BCUT2D eigenvalue weighted by Gasteiger charge is 2.31. The Labute approximate surface area is 123 Å². The van der Waals surface area contributed by atoms with Gasteiger partial charge in [0.2, 0.25) is 0 Å². The van der Waals surface area contributed by atoms with Gasteiger partial charge >= 0.3 is 5.97 Å². The van der Waals surface area contributed by atoms with Crippen LogP contribution >= 0.6 is 35.6 Å². The van der Waals surface area contributed by atoms with Crippen molar-refractivity contribution in [1.29, 1.82) is 0 Å². The van der Waals surface area contributed by atoms with E-state index in [1.54, 1.807) is 45.0 Å². The molecule has 0 spiro atoms. The van der Waals surface area contributed by atoms with Crippen LogP contribution in [0.5, 0.6) is 5.75 Å². The largest absolute Gasteiger partial charge is 0.476 e. The summed E-state index contributed by atoms with van der Waals surface area (Å²) in [7, 11) is 0. The lowest BCUT2D eigenvalue weighted by molar-refractivity contribution is -0.158. The van der Waals surface area contributed by atoms with Crippen molar-refractivity contribution in [1.82, 2.24) is 0 Å². The summed E-state index contributed by atoms with van der Waals surface area (Å²) in [4.78, 5) is 11.6. The van der Waals surface area contributed by atoms with Gasteiger partial charge in [0.1, 0.15) is 5.75 Å². The van der Waals surface area contributed by atoms with Crippen LogP contribution in [0.25, 0.3) is 0 Å². The van der Waals surface area contributed by atoms with E-state index >= 15 is 0 Å². The molecule has 0 aromatic heterocycles. The van der Waals surface area contributed by atoms with E-state index in [1.165, 1.54) is 0 Å². The van der Waals surface area contributed by atoms with Gasteiger partial charge in [0.15, 0.2) is 5.60 Å². The molecule has 0 heterocycles. The van der Waals surface area contributed by atoms with Crippen molar-refractivity contribution in [2.75, 3.05) is 6.61 Å². The summed E-state index contributed by atoms with van der Waals surface area (Å²) < 4.78 is 10.5. The highest BCUT2D eigenvalue weighted by Crippen LogP contribution is 2.21. The summed E-state index contributed by atoms with van der Waals surface area (Å²) in [6, 6.07) is 6.84. The summed E-state index contributed by atoms with van der Waals surface area (Å²) in [5.41, 5.74) is -0.996. The molecule has 1 aromatic rings. The second-order valence-corrected chi connectivity index (χ2v) is 4.22. The number of hydrogen-bond donors (Lipinski definition) is 0. The maximum atomic E-state index is 11.6. The summed E-state index contributed by atoms with van der Waals surface area (Å²) >= 11 is 5.75. The van der Waals surface area contributed by atoms with E-state index in [2.05, 4.69) is 0 Å². The van der Waals surface area contributed by atoms with E-state index in [4.69, 9.17) is 21.1 Å². The Kier molecular flexibility index (Phi) is 6.85. The summed E-state index contributed by atoms with van der Waals surface area (Å²) in [6.45, 7) is 5.43. The minimum absolute atomic E-state index is 0. The molecule has 0 fully saturated rings. The van der Waals surface area contributed by atoms with Crippen LogP contribution in [0.3, 0.4) is 0 Å². The summed E-state index contributed by atoms with van der Waals surface area (Å²) in [6.07, 6.45) is 0. The zero-order valence-electron chi connectivity index (χ0n) is 10.0. The third-order valence-corrected chi connectivity index (χ3v) is 2.21. The SMILES string of the molecule is CCOC(=O)C(C)(C)Oc1ccc(Cl)cc1.I. The second kappa shape index (κ2) is 7.06. The molecule has 0 unspecified atom stereocenters. The van der Waals surface area contributed by atoms with Gasteiger partial charge in [0.25, 0.3) is 0 Å². The van der Waals surface area contributed by atoms with E-state index in [1.807, 2.05) is 0 Å². The molecular weight excluding hydrogens is 354 g/mol. The third kappa shape index (κ3) is 5.12. The second-order valence-electron chi connectivity index (χ2n) is 3.79. The quantitative estimate of drug-likeness (QED) is 0.599. The monoisotopic (exact) mass is 370 g/mol. The lowest BCUT2D eigenvalue weighted by Crippen LogP contribution is -2.39. The average Bonchev–Trinajstić information content (AvgIpc) is 2.21. The van der Waals surface area contributed by atoms with Crippen LogP contribution in [-0.2, 0) is 9.53 Å². The van der Waals surface area contributed by atoms with E-state index in [-0.39, 0.29) is 29.9 Å². The van der Waals surface area contributed by atoms with Crippen LogP contribution in [0.4, 0.5) is 0 Å². The topological polar surface area (TPSA) is 35.5 Å². The number of carbonyl (C=O) groups excluding carboxylic acids is 1. The number of halogens is 2. The Bertz CT molecular complexity index is 363. The van der Waals surface area contributed by atoms with Crippen LogP contribution in [0.1, 0.15) is 20.8 Å². The van der Waals surface area contributed by atoms with Gasteiger partial charge in [-0.1, -0.05) is 11.6 Å². The number of carbonyl (C=O) groups is 1. The van der Waals surface area contributed by atoms with Gasteiger partial charge in [-0.3, -0.25) is 0 Å². The molecule has 1 rings (SSSR count). The fourth-order valence-corrected chi connectivity index (χ4v) is 1.27. The molecule has 0 radical (unpaired) electrons. The highest BCUT2D eigenvalue weighted by atomic mass is 127. The van der Waals surface area contributed by atoms with Gasteiger partial charge in [-0.2, -0.15) is 0 Å². The van der Waals surface area contributed by atoms with Crippen LogP contribution in [-0.4, -0.2) is 18.2 Å². The molecule has 0 aliphatic carbocycles.